The van der Waals surface area contributed by atoms with Gasteiger partial charge < -0.3 is 10.5 Å². The van der Waals surface area contributed by atoms with Gasteiger partial charge in [0.2, 0.25) is 0 Å². The van der Waals surface area contributed by atoms with Crippen molar-refractivity contribution >= 4 is 21.8 Å². The van der Waals surface area contributed by atoms with Crippen molar-refractivity contribution in [2.45, 2.75) is 6.92 Å². The van der Waals surface area contributed by atoms with Crippen LogP contribution in [0.25, 0.3) is 0 Å². The van der Waals surface area contributed by atoms with Crippen molar-refractivity contribution in [3.8, 4) is 11.5 Å². The van der Waals surface area contributed by atoms with Gasteiger partial charge in [-0.25, -0.2) is 4.39 Å². The summed E-state index contributed by atoms with van der Waals surface area (Å²) >= 11 is 3.07. The number of hydrogen-bond acceptors (Lipinski definition) is 2. The van der Waals surface area contributed by atoms with Gasteiger partial charge in [0, 0.05) is 0 Å². The molecule has 0 radical (unpaired) electrons. The van der Waals surface area contributed by atoms with Gasteiger partial charge in [-0.2, -0.15) is 0 Å². The van der Waals surface area contributed by atoms with E-state index < -0.39 is 5.91 Å². The van der Waals surface area contributed by atoms with Crippen LogP contribution in [0.2, 0.25) is 0 Å². The topological polar surface area (TPSA) is 52.3 Å². The minimum Gasteiger partial charge on any atom is -0.456 e. The first kappa shape index (κ1) is 13.5. The molecule has 3 nitrogen and oxygen atoms in total. The summed E-state index contributed by atoms with van der Waals surface area (Å²) in [6.45, 7) is 1.87. The van der Waals surface area contributed by atoms with Gasteiger partial charge in [0.05, 0.1) is 10.0 Å². The fourth-order valence-electron chi connectivity index (χ4n) is 1.58. The maximum absolute atomic E-state index is 13.1. The molecule has 0 aliphatic carbocycles. The average Bonchev–Trinajstić information content (AvgIpc) is 2.33. The molecule has 0 spiro atoms. The minimum atomic E-state index is -0.573. The Labute approximate surface area is 118 Å². The number of nitrogens with two attached hydrogens (primary N) is 1. The van der Waals surface area contributed by atoms with E-state index in [-0.39, 0.29) is 11.4 Å². The van der Waals surface area contributed by atoms with Crippen molar-refractivity contribution in [2.75, 3.05) is 0 Å². The Balaban J connectivity index is 2.39. The number of carbonyl (C=O) groups is 1. The van der Waals surface area contributed by atoms with Gasteiger partial charge in [-0.05, 0) is 58.7 Å². The number of amides is 1. The summed E-state index contributed by atoms with van der Waals surface area (Å²) in [5.74, 6) is -0.185. The highest BCUT2D eigenvalue weighted by molar-refractivity contribution is 9.10. The molecule has 0 aromatic heterocycles. The predicted molar refractivity (Wildman–Crippen MR) is 73.9 cm³/mol. The van der Waals surface area contributed by atoms with Crippen LogP contribution in [-0.4, -0.2) is 5.91 Å². The van der Waals surface area contributed by atoms with Crippen LogP contribution in [0.5, 0.6) is 11.5 Å². The summed E-state index contributed by atoms with van der Waals surface area (Å²) in [6, 6.07) is 9.32. The number of benzene rings is 2. The van der Waals surface area contributed by atoms with Crippen LogP contribution in [-0.2, 0) is 0 Å². The van der Waals surface area contributed by atoms with Crippen molar-refractivity contribution < 1.29 is 13.9 Å². The largest absolute Gasteiger partial charge is 0.456 e. The molecule has 2 N–H and O–H groups in total. The molecule has 1 amide bonds. The van der Waals surface area contributed by atoms with Crippen LogP contribution < -0.4 is 10.5 Å². The fourth-order valence-corrected chi connectivity index (χ4v) is 1.94. The maximum Gasteiger partial charge on any atom is 0.252 e. The summed E-state index contributed by atoms with van der Waals surface area (Å²) in [5, 5.41) is 0. The second kappa shape index (κ2) is 5.40. The van der Waals surface area contributed by atoms with Crippen molar-refractivity contribution in [3.05, 3.63) is 57.8 Å². The molecule has 98 valence electrons. The second-order valence-electron chi connectivity index (χ2n) is 4.04. The van der Waals surface area contributed by atoms with E-state index in [9.17, 15) is 9.18 Å². The zero-order chi connectivity index (χ0) is 14.0. The van der Waals surface area contributed by atoms with Crippen LogP contribution in [0.4, 0.5) is 4.39 Å². The third-order valence-corrected chi connectivity index (χ3v) is 3.13. The Hall–Kier alpha value is -1.88. The number of primary amides is 1. The number of halogens is 2. The molecule has 0 atom stereocenters. The Morgan fingerprint density at radius 3 is 2.63 bits per heavy atom. The van der Waals surface area contributed by atoms with Crippen LogP contribution in [0.3, 0.4) is 0 Å². The lowest BCUT2D eigenvalue weighted by Crippen LogP contribution is -2.12. The maximum atomic E-state index is 13.1. The predicted octanol–water partition coefficient (Wildman–Crippen LogP) is 3.79. The van der Waals surface area contributed by atoms with Crippen LogP contribution in [0.1, 0.15) is 15.9 Å². The van der Waals surface area contributed by atoms with Crippen LogP contribution >= 0.6 is 15.9 Å². The highest BCUT2D eigenvalue weighted by Gasteiger charge is 2.11. The Morgan fingerprint density at radius 1 is 1.26 bits per heavy atom. The molecular weight excluding hydrogens is 313 g/mol. The zero-order valence-corrected chi connectivity index (χ0v) is 11.7. The summed E-state index contributed by atoms with van der Waals surface area (Å²) in [6.07, 6.45) is 0. The van der Waals surface area contributed by atoms with Crippen molar-refractivity contribution in [1.29, 1.82) is 0 Å². The van der Waals surface area contributed by atoms with Gasteiger partial charge >= 0.3 is 0 Å². The molecule has 19 heavy (non-hydrogen) atoms. The molecule has 0 bridgehead atoms. The molecule has 0 fully saturated rings. The molecule has 0 saturated carbocycles. The number of carbonyl (C=O) groups excluding carboxylic acids is 1. The summed E-state index contributed by atoms with van der Waals surface area (Å²) in [4.78, 5) is 11.3. The zero-order valence-electron chi connectivity index (χ0n) is 10.1. The molecule has 2 rings (SSSR count). The fraction of sp³-hybridized carbons (Fsp3) is 0.0714. The quantitative estimate of drug-likeness (QED) is 0.934. The van der Waals surface area contributed by atoms with E-state index in [0.29, 0.717) is 16.0 Å². The standard InChI is InChI=1S/C14H11BrFNO2/c1-8-2-4-10(14(17)18)13(6-8)19-9-3-5-12(16)11(15)7-9/h2-7H,1H3,(H2,17,18). The van der Waals surface area contributed by atoms with Crippen molar-refractivity contribution in [3.63, 3.8) is 0 Å². The summed E-state index contributed by atoms with van der Waals surface area (Å²) in [7, 11) is 0. The first-order valence-electron chi connectivity index (χ1n) is 5.51. The van der Waals surface area contributed by atoms with Crippen LogP contribution in [0, 0.1) is 12.7 Å². The first-order chi connectivity index (χ1) is 8.97. The molecule has 0 aliphatic heterocycles. The van der Waals surface area contributed by atoms with Crippen molar-refractivity contribution in [1.82, 2.24) is 0 Å². The van der Waals surface area contributed by atoms with E-state index in [2.05, 4.69) is 15.9 Å². The lowest BCUT2D eigenvalue weighted by Gasteiger charge is -2.10. The van der Waals surface area contributed by atoms with E-state index >= 15 is 0 Å². The molecule has 2 aromatic carbocycles. The Morgan fingerprint density at radius 2 is 2.00 bits per heavy atom. The van der Waals surface area contributed by atoms with Gasteiger partial charge in [0.25, 0.3) is 5.91 Å². The van der Waals surface area contributed by atoms with Gasteiger partial charge in [0.1, 0.15) is 17.3 Å². The van der Waals surface area contributed by atoms with E-state index in [0.717, 1.165) is 5.56 Å². The minimum absolute atomic E-state index is 0.283. The van der Waals surface area contributed by atoms with Gasteiger partial charge in [-0.3, -0.25) is 4.79 Å². The number of aryl methyl sites for hydroxylation is 1. The van der Waals surface area contributed by atoms with Gasteiger partial charge in [-0.1, -0.05) is 6.07 Å². The van der Waals surface area contributed by atoms with Crippen molar-refractivity contribution in [2.24, 2.45) is 5.73 Å². The molecule has 0 heterocycles. The molecule has 0 unspecified atom stereocenters. The smallest absolute Gasteiger partial charge is 0.252 e. The van der Waals surface area contributed by atoms with E-state index in [4.69, 9.17) is 10.5 Å². The van der Waals surface area contributed by atoms with E-state index in [1.54, 1.807) is 18.2 Å². The summed E-state index contributed by atoms with van der Waals surface area (Å²) in [5.41, 5.74) is 6.50. The number of rotatable bonds is 3. The third-order valence-electron chi connectivity index (χ3n) is 2.52. The highest BCUT2D eigenvalue weighted by Crippen LogP contribution is 2.29. The SMILES string of the molecule is Cc1ccc(C(N)=O)c(Oc2ccc(F)c(Br)c2)c1. The second-order valence-corrected chi connectivity index (χ2v) is 4.90. The third kappa shape index (κ3) is 3.12. The Kier molecular flexibility index (Phi) is 3.85. The van der Waals surface area contributed by atoms with E-state index in [1.165, 1.54) is 18.2 Å². The van der Waals surface area contributed by atoms with Crippen LogP contribution in [0.15, 0.2) is 40.9 Å². The molecule has 2 aromatic rings. The number of hydrogen-bond donors (Lipinski definition) is 1. The summed E-state index contributed by atoms with van der Waals surface area (Å²) < 4.78 is 19.0. The highest BCUT2D eigenvalue weighted by atomic mass is 79.9. The molecule has 0 saturated heterocycles. The van der Waals surface area contributed by atoms with Gasteiger partial charge in [-0.15, -0.1) is 0 Å². The molecule has 5 heteroatoms. The molecule has 0 aliphatic rings. The van der Waals surface area contributed by atoms with Gasteiger partial charge in [0.15, 0.2) is 0 Å². The van der Waals surface area contributed by atoms with E-state index in [1.807, 2.05) is 6.92 Å². The lowest BCUT2D eigenvalue weighted by atomic mass is 10.1. The monoisotopic (exact) mass is 323 g/mol. The lowest BCUT2D eigenvalue weighted by molar-refractivity contribution is 0.0998. The first-order valence-corrected chi connectivity index (χ1v) is 6.30. The normalized spacial score (nSPS) is 10.3. The molecular formula is C14H11BrFNO2. The Bertz CT molecular complexity index is 643. The average molecular weight is 324 g/mol. The number of ether oxygens (including phenoxy) is 1.